The van der Waals surface area contributed by atoms with E-state index in [0.717, 1.165) is 0 Å². The number of ether oxygens (including phenoxy) is 1. The maximum Gasteiger partial charge on any atom is 0.306 e. The van der Waals surface area contributed by atoms with Gasteiger partial charge in [-0.15, -0.1) is 0 Å². The van der Waals surface area contributed by atoms with E-state index in [1.54, 1.807) is 13.0 Å². The van der Waals surface area contributed by atoms with Crippen molar-refractivity contribution in [2.45, 2.75) is 19.8 Å². The van der Waals surface area contributed by atoms with Gasteiger partial charge in [0.25, 0.3) is 0 Å². The Balaban J connectivity index is 3.39. The van der Waals surface area contributed by atoms with Crippen LogP contribution in [0.3, 0.4) is 0 Å². The molecule has 11 heavy (non-hydrogen) atoms. The van der Waals surface area contributed by atoms with Gasteiger partial charge in [0, 0.05) is 6.42 Å². The van der Waals surface area contributed by atoms with Crippen molar-refractivity contribution in [3.8, 4) is 0 Å². The molecule has 0 aliphatic rings. The number of carbonyl (C=O) groups excluding carboxylic acids is 1. The molecule has 0 heterocycles. The minimum atomic E-state index is -0.224. The summed E-state index contributed by atoms with van der Waals surface area (Å²) in [6, 6.07) is 0. The fourth-order valence-corrected chi connectivity index (χ4v) is 0.751. The van der Waals surface area contributed by atoms with E-state index in [9.17, 15) is 4.79 Å². The van der Waals surface area contributed by atoms with E-state index in [2.05, 4.69) is 4.74 Å². The Bertz CT molecular complexity index is 151. The summed E-state index contributed by atoms with van der Waals surface area (Å²) in [5.74, 6) is -0.224. The third-order valence-electron chi connectivity index (χ3n) is 0.952. The fraction of sp³-hybridized carbons (Fsp3) is 0.571. The third kappa shape index (κ3) is 7.69. The van der Waals surface area contributed by atoms with Crippen LogP contribution in [0, 0.1) is 0 Å². The van der Waals surface area contributed by atoms with Crippen LogP contribution in [0.4, 0.5) is 0 Å². The lowest BCUT2D eigenvalue weighted by Crippen LogP contribution is -2.02. The lowest BCUT2D eigenvalue weighted by atomic mass is 10.3. The second-order valence-corrected chi connectivity index (χ2v) is 2.85. The van der Waals surface area contributed by atoms with Gasteiger partial charge < -0.3 is 4.74 Å². The average Bonchev–Trinajstić information content (AvgIpc) is 1.87. The second kappa shape index (κ2) is 6.50. The summed E-state index contributed by atoms with van der Waals surface area (Å²) in [5.41, 5.74) is 0. The normalized spacial score (nSPS) is 9.00. The quantitative estimate of drug-likeness (QED) is 0.647. The van der Waals surface area contributed by atoms with E-state index in [4.69, 9.17) is 23.2 Å². The van der Waals surface area contributed by atoms with Crippen LogP contribution in [0.5, 0.6) is 0 Å². The molecule has 0 aromatic rings. The van der Waals surface area contributed by atoms with Gasteiger partial charge in [-0.1, -0.05) is 29.3 Å². The highest BCUT2D eigenvalue weighted by Crippen LogP contribution is 2.08. The Labute approximate surface area is 76.1 Å². The maximum absolute atomic E-state index is 10.7. The Morgan fingerprint density at radius 1 is 1.55 bits per heavy atom. The summed E-state index contributed by atoms with van der Waals surface area (Å²) in [5, 5.41) is 0. The molecule has 4 heteroatoms. The van der Waals surface area contributed by atoms with Crippen molar-refractivity contribution < 1.29 is 9.53 Å². The van der Waals surface area contributed by atoms with E-state index in [-0.39, 0.29) is 10.5 Å². The molecular formula is C7H10Cl2O2. The van der Waals surface area contributed by atoms with Gasteiger partial charge >= 0.3 is 5.97 Å². The minimum Gasteiger partial charge on any atom is -0.466 e. The summed E-state index contributed by atoms with van der Waals surface area (Å²) in [7, 11) is 0. The van der Waals surface area contributed by atoms with Crippen LogP contribution in [0.25, 0.3) is 0 Å². The van der Waals surface area contributed by atoms with Gasteiger partial charge in [0.05, 0.1) is 6.61 Å². The zero-order valence-electron chi connectivity index (χ0n) is 6.27. The second-order valence-electron chi connectivity index (χ2n) is 1.84. The first-order valence-electron chi connectivity index (χ1n) is 3.33. The molecule has 0 saturated carbocycles. The minimum absolute atomic E-state index is 0.189. The number of rotatable bonds is 4. The maximum atomic E-state index is 10.7. The van der Waals surface area contributed by atoms with Crippen molar-refractivity contribution in [3.05, 3.63) is 10.6 Å². The van der Waals surface area contributed by atoms with Gasteiger partial charge in [0.1, 0.15) is 4.49 Å². The summed E-state index contributed by atoms with van der Waals surface area (Å²) >= 11 is 10.6. The highest BCUT2D eigenvalue weighted by Gasteiger charge is 1.98. The van der Waals surface area contributed by atoms with E-state index in [1.807, 2.05) is 0 Å². The number of halogens is 2. The lowest BCUT2D eigenvalue weighted by molar-refractivity contribution is -0.142. The van der Waals surface area contributed by atoms with E-state index >= 15 is 0 Å². The molecule has 64 valence electrons. The van der Waals surface area contributed by atoms with Crippen LogP contribution >= 0.6 is 23.2 Å². The molecular weight excluding hydrogens is 187 g/mol. The Hall–Kier alpha value is -0.210. The summed E-state index contributed by atoms with van der Waals surface area (Å²) in [6.45, 7) is 2.18. The molecule has 0 spiro atoms. The largest absolute Gasteiger partial charge is 0.466 e. The van der Waals surface area contributed by atoms with Crippen LogP contribution in [0.2, 0.25) is 0 Å². The van der Waals surface area contributed by atoms with Crippen LogP contribution < -0.4 is 0 Å². The van der Waals surface area contributed by atoms with Crippen molar-refractivity contribution in [2.24, 2.45) is 0 Å². The van der Waals surface area contributed by atoms with Gasteiger partial charge in [-0.3, -0.25) is 4.79 Å². The Kier molecular flexibility index (Phi) is 6.37. The number of hydrogen-bond donors (Lipinski definition) is 0. The molecule has 0 bridgehead atoms. The smallest absolute Gasteiger partial charge is 0.306 e. The van der Waals surface area contributed by atoms with E-state index in [1.165, 1.54) is 0 Å². The van der Waals surface area contributed by atoms with Gasteiger partial charge in [0.15, 0.2) is 0 Å². The molecule has 0 aliphatic carbocycles. The SMILES string of the molecule is CCOC(=O)CCC=C(Cl)Cl. The van der Waals surface area contributed by atoms with Gasteiger partial charge in [-0.05, 0) is 13.3 Å². The van der Waals surface area contributed by atoms with E-state index < -0.39 is 0 Å². The van der Waals surface area contributed by atoms with Crippen LogP contribution in [-0.4, -0.2) is 12.6 Å². The monoisotopic (exact) mass is 196 g/mol. The van der Waals surface area contributed by atoms with Crippen LogP contribution in [0.15, 0.2) is 10.6 Å². The average molecular weight is 197 g/mol. The van der Waals surface area contributed by atoms with Crippen LogP contribution in [0.1, 0.15) is 19.8 Å². The number of carbonyl (C=O) groups is 1. The molecule has 0 radical (unpaired) electrons. The Morgan fingerprint density at radius 2 is 2.18 bits per heavy atom. The summed E-state index contributed by atoms with van der Waals surface area (Å²) in [4.78, 5) is 10.7. The molecule has 0 aromatic carbocycles. The fourth-order valence-electron chi connectivity index (χ4n) is 0.532. The molecule has 0 saturated heterocycles. The van der Waals surface area contributed by atoms with Crippen molar-refractivity contribution >= 4 is 29.2 Å². The zero-order chi connectivity index (χ0) is 8.69. The van der Waals surface area contributed by atoms with E-state index in [0.29, 0.717) is 19.4 Å². The standard InChI is InChI=1S/C7H10Cl2O2/c1-2-11-7(10)5-3-4-6(8)9/h4H,2-3,5H2,1H3. The molecule has 0 aliphatic heterocycles. The Morgan fingerprint density at radius 3 is 2.64 bits per heavy atom. The first-order valence-corrected chi connectivity index (χ1v) is 4.09. The molecule has 0 aromatic heterocycles. The van der Waals surface area contributed by atoms with Crippen molar-refractivity contribution in [1.29, 1.82) is 0 Å². The molecule has 0 rings (SSSR count). The summed E-state index contributed by atoms with van der Waals surface area (Å²) in [6.07, 6.45) is 2.43. The van der Waals surface area contributed by atoms with Crippen molar-refractivity contribution in [2.75, 3.05) is 6.61 Å². The topological polar surface area (TPSA) is 26.3 Å². The predicted molar refractivity (Wildman–Crippen MR) is 45.7 cm³/mol. The van der Waals surface area contributed by atoms with Crippen molar-refractivity contribution in [1.82, 2.24) is 0 Å². The van der Waals surface area contributed by atoms with Gasteiger partial charge in [-0.25, -0.2) is 0 Å². The first-order chi connectivity index (χ1) is 5.16. The van der Waals surface area contributed by atoms with Crippen LogP contribution in [-0.2, 0) is 9.53 Å². The highest BCUT2D eigenvalue weighted by atomic mass is 35.5. The molecule has 0 fully saturated rings. The zero-order valence-corrected chi connectivity index (χ0v) is 7.78. The summed E-state index contributed by atoms with van der Waals surface area (Å²) < 4.78 is 4.86. The molecule has 2 nitrogen and oxygen atoms in total. The molecule has 0 atom stereocenters. The van der Waals surface area contributed by atoms with Gasteiger partial charge in [0.2, 0.25) is 0 Å². The number of hydrogen-bond acceptors (Lipinski definition) is 2. The molecule has 0 N–H and O–H groups in total. The lowest BCUT2D eigenvalue weighted by Gasteiger charge is -1.97. The predicted octanol–water partition coefficient (Wildman–Crippen LogP) is 2.65. The number of allylic oxidation sites excluding steroid dienone is 1. The molecule has 0 unspecified atom stereocenters. The highest BCUT2D eigenvalue weighted by molar-refractivity contribution is 6.55. The molecule has 0 amide bonds. The first kappa shape index (κ1) is 10.8. The third-order valence-corrected chi connectivity index (χ3v) is 1.26. The number of esters is 1. The van der Waals surface area contributed by atoms with Crippen molar-refractivity contribution in [3.63, 3.8) is 0 Å². The van der Waals surface area contributed by atoms with Gasteiger partial charge in [-0.2, -0.15) is 0 Å².